The molecule has 0 saturated carbocycles. The van der Waals surface area contributed by atoms with Crippen molar-refractivity contribution in [1.29, 1.82) is 0 Å². The molecular formula is C21H23N3O4S. The Kier molecular flexibility index (Phi) is 6.77. The van der Waals surface area contributed by atoms with E-state index in [-0.39, 0.29) is 18.0 Å². The van der Waals surface area contributed by atoms with Gasteiger partial charge in [-0.3, -0.25) is 19.0 Å². The minimum absolute atomic E-state index is 0.200. The zero-order chi connectivity index (χ0) is 20.8. The quantitative estimate of drug-likeness (QED) is 0.449. The standard InChI is InChI=1S/C21H23N3O4S/c1-3-4-8-11-28-16(25)12-24-13-22-20-17(21(24)27)14(2)18(29-20)19(26)23-15-9-6-5-7-10-15/h5-7,9-10,13H,3-4,8,11-12H2,1-2H3,(H,23,26). The number of aromatic nitrogens is 2. The summed E-state index contributed by atoms with van der Waals surface area (Å²) in [5.74, 6) is -0.766. The minimum Gasteiger partial charge on any atom is -0.464 e. The second-order valence-corrected chi connectivity index (χ2v) is 7.66. The number of fused-ring (bicyclic) bond motifs is 1. The highest BCUT2D eigenvalue weighted by molar-refractivity contribution is 7.20. The lowest BCUT2D eigenvalue weighted by Crippen LogP contribution is -2.26. The van der Waals surface area contributed by atoms with Gasteiger partial charge in [0.2, 0.25) is 0 Å². The third-order valence-corrected chi connectivity index (χ3v) is 5.66. The van der Waals surface area contributed by atoms with Crippen LogP contribution < -0.4 is 10.9 Å². The van der Waals surface area contributed by atoms with Crippen LogP contribution in [0.25, 0.3) is 10.2 Å². The van der Waals surface area contributed by atoms with E-state index in [1.54, 1.807) is 19.1 Å². The van der Waals surface area contributed by atoms with E-state index in [0.29, 0.717) is 33.0 Å². The van der Waals surface area contributed by atoms with Crippen LogP contribution in [0.15, 0.2) is 41.5 Å². The van der Waals surface area contributed by atoms with Crippen LogP contribution in [0.2, 0.25) is 0 Å². The van der Waals surface area contributed by atoms with E-state index in [1.807, 2.05) is 18.2 Å². The van der Waals surface area contributed by atoms with Gasteiger partial charge in [0.15, 0.2) is 0 Å². The number of nitrogens with zero attached hydrogens (tertiary/aromatic N) is 2. The molecule has 1 aromatic carbocycles. The topological polar surface area (TPSA) is 90.3 Å². The lowest BCUT2D eigenvalue weighted by molar-refractivity contribution is -0.144. The van der Waals surface area contributed by atoms with Gasteiger partial charge in [-0.1, -0.05) is 38.0 Å². The lowest BCUT2D eigenvalue weighted by atomic mass is 10.2. The Morgan fingerprint density at radius 2 is 1.97 bits per heavy atom. The van der Waals surface area contributed by atoms with E-state index in [0.717, 1.165) is 30.6 Å². The van der Waals surface area contributed by atoms with Crippen LogP contribution in [0, 0.1) is 6.92 Å². The third-order valence-electron chi connectivity index (χ3n) is 4.47. The fourth-order valence-electron chi connectivity index (χ4n) is 2.92. The Labute approximate surface area is 172 Å². The van der Waals surface area contributed by atoms with Crippen LogP contribution in [0.5, 0.6) is 0 Å². The number of aryl methyl sites for hydroxylation is 1. The van der Waals surface area contributed by atoms with Crippen LogP contribution >= 0.6 is 11.3 Å². The van der Waals surface area contributed by atoms with Gasteiger partial charge in [0.25, 0.3) is 11.5 Å². The number of benzene rings is 1. The normalized spacial score (nSPS) is 10.8. The first-order valence-electron chi connectivity index (χ1n) is 9.51. The number of hydrogen-bond donors (Lipinski definition) is 1. The predicted molar refractivity (Wildman–Crippen MR) is 113 cm³/mol. The first-order chi connectivity index (χ1) is 14.0. The number of thiophene rings is 1. The van der Waals surface area contributed by atoms with Gasteiger partial charge < -0.3 is 10.1 Å². The molecule has 2 aromatic heterocycles. The molecule has 1 amide bonds. The molecule has 0 saturated heterocycles. The van der Waals surface area contributed by atoms with Gasteiger partial charge in [0, 0.05) is 5.69 Å². The van der Waals surface area contributed by atoms with Gasteiger partial charge in [-0.2, -0.15) is 0 Å². The fourth-order valence-corrected chi connectivity index (χ4v) is 3.96. The Hall–Kier alpha value is -3.00. The maximum atomic E-state index is 12.8. The van der Waals surface area contributed by atoms with E-state index >= 15 is 0 Å². The number of esters is 1. The lowest BCUT2D eigenvalue weighted by Gasteiger charge is -2.06. The van der Waals surface area contributed by atoms with Crippen molar-refractivity contribution >= 4 is 39.1 Å². The number of ether oxygens (including phenoxy) is 1. The third kappa shape index (κ3) is 4.89. The Bertz CT molecular complexity index is 1070. The molecule has 29 heavy (non-hydrogen) atoms. The number of rotatable bonds is 8. The molecule has 0 atom stereocenters. The van der Waals surface area contributed by atoms with Crippen LogP contribution in [-0.2, 0) is 16.1 Å². The summed E-state index contributed by atoms with van der Waals surface area (Å²) in [5.41, 5.74) is 0.875. The van der Waals surface area contributed by atoms with Crippen molar-refractivity contribution < 1.29 is 14.3 Å². The highest BCUT2D eigenvalue weighted by Crippen LogP contribution is 2.27. The van der Waals surface area contributed by atoms with Gasteiger partial charge in [0.1, 0.15) is 11.4 Å². The molecule has 0 aliphatic heterocycles. The second kappa shape index (κ2) is 9.47. The Morgan fingerprint density at radius 3 is 2.69 bits per heavy atom. The maximum Gasteiger partial charge on any atom is 0.326 e. The summed E-state index contributed by atoms with van der Waals surface area (Å²) >= 11 is 1.16. The molecule has 3 rings (SSSR count). The zero-order valence-corrected chi connectivity index (χ0v) is 17.3. The average Bonchev–Trinajstić information content (AvgIpc) is 3.05. The van der Waals surface area contributed by atoms with Crippen molar-refractivity contribution in [2.45, 2.75) is 39.7 Å². The number of anilines is 1. The molecule has 0 aliphatic rings. The van der Waals surface area contributed by atoms with Gasteiger partial charge in [-0.15, -0.1) is 11.3 Å². The van der Waals surface area contributed by atoms with Gasteiger partial charge in [0.05, 0.1) is 23.2 Å². The number of carbonyl (C=O) groups is 2. The monoisotopic (exact) mass is 413 g/mol. The van der Waals surface area contributed by atoms with Crippen molar-refractivity contribution in [2.24, 2.45) is 0 Å². The van der Waals surface area contributed by atoms with Gasteiger partial charge in [-0.25, -0.2) is 4.98 Å². The van der Waals surface area contributed by atoms with E-state index < -0.39 is 5.97 Å². The van der Waals surface area contributed by atoms with Crippen molar-refractivity contribution in [3.8, 4) is 0 Å². The van der Waals surface area contributed by atoms with Crippen LogP contribution in [0.3, 0.4) is 0 Å². The van der Waals surface area contributed by atoms with Crippen LogP contribution in [0.1, 0.15) is 41.4 Å². The Morgan fingerprint density at radius 1 is 1.21 bits per heavy atom. The minimum atomic E-state index is -0.473. The van der Waals surface area contributed by atoms with Crippen molar-refractivity contribution in [1.82, 2.24) is 9.55 Å². The predicted octanol–water partition coefficient (Wildman–Crippen LogP) is 3.75. The highest BCUT2D eigenvalue weighted by Gasteiger charge is 2.20. The molecule has 2 heterocycles. The molecule has 1 N–H and O–H groups in total. The van der Waals surface area contributed by atoms with E-state index in [9.17, 15) is 14.4 Å². The first kappa shape index (κ1) is 20.7. The molecule has 0 bridgehead atoms. The smallest absolute Gasteiger partial charge is 0.326 e. The summed E-state index contributed by atoms with van der Waals surface area (Å²) in [6, 6.07) is 9.10. The average molecular weight is 413 g/mol. The largest absolute Gasteiger partial charge is 0.464 e. The van der Waals surface area contributed by atoms with E-state index in [1.165, 1.54) is 10.9 Å². The van der Waals surface area contributed by atoms with Crippen LogP contribution in [0.4, 0.5) is 5.69 Å². The number of para-hydroxylation sites is 1. The molecule has 0 unspecified atom stereocenters. The number of hydrogen-bond acceptors (Lipinski definition) is 6. The number of carbonyl (C=O) groups excluding carboxylic acids is 2. The molecule has 3 aromatic rings. The SMILES string of the molecule is CCCCCOC(=O)Cn1cnc2sc(C(=O)Nc3ccccc3)c(C)c2c1=O. The number of unbranched alkanes of at least 4 members (excludes halogenated alkanes) is 2. The molecule has 7 nitrogen and oxygen atoms in total. The highest BCUT2D eigenvalue weighted by atomic mass is 32.1. The molecule has 152 valence electrons. The summed E-state index contributed by atoms with van der Waals surface area (Å²) in [6.45, 7) is 3.93. The summed E-state index contributed by atoms with van der Waals surface area (Å²) in [5, 5.41) is 3.18. The van der Waals surface area contributed by atoms with Gasteiger partial charge >= 0.3 is 5.97 Å². The summed E-state index contributed by atoms with van der Waals surface area (Å²) in [7, 11) is 0. The summed E-state index contributed by atoms with van der Waals surface area (Å²) in [6.07, 6.45) is 4.16. The van der Waals surface area contributed by atoms with Crippen LogP contribution in [-0.4, -0.2) is 28.0 Å². The fraction of sp³-hybridized carbons (Fsp3) is 0.333. The number of amides is 1. The molecule has 0 spiro atoms. The second-order valence-electron chi connectivity index (χ2n) is 6.66. The molecule has 0 fully saturated rings. The van der Waals surface area contributed by atoms with E-state index in [4.69, 9.17) is 4.74 Å². The summed E-state index contributed by atoms with van der Waals surface area (Å²) < 4.78 is 6.39. The van der Waals surface area contributed by atoms with E-state index in [2.05, 4.69) is 17.2 Å². The zero-order valence-electron chi connectivity index (χ0n) is 16.4. The maximum absolute atomic E-state index is 12.8. The summed E-state index contributed by atoms with van der Waals surface area (Å²) in [4.78, 5) is 42.6. The molecular weight excluding hydrogens is 390 g/mol. The first-order valence-corrected chi connectivity index (χ1v) is 10.3. The molecule has 0 radical (unpaired) electrons. The van der Waals surface area contributed by atoms with Crippen molar-refractivity contribution in [3.63, 3.8) is 0 Å². The number of nitrogens with one attached hydrogen (secondary N) is 1. The van der Waals surface area contributed by atoms with Crippen molar-refractivity contribution in [2.75, 3.05) is 11.9 Å². The molecule has 8 heteroatoms. The molecule has 0 aliphatic carbocycles. The van der Waals surface area contributed by atoms with Gasteiger partial charge in [-0.05, 0) is 31.0 Å². The Balaban J connectivity index is 1.80. The van der Waals surface area contributed by atoms with Crippen molar-refractivity contribution in [3.05, 3.63) is 57.5 Å².